The molecule has 1 nitrogen and oxygen atoms in total. The average molecular weight is 258 g/mol. The van der Waals surface area contributed by atoms with E-state index in [0.29, 0.717) is 10.9 Å². The molecule has 0 aliphatic carbocycles. The average Bonchev–Trinajstić information content (AvgIpc) is 2.29. The van der Waals surface area contributed by atoms with E-state index in [4.69, 9.17) is 23.2 Å². The standard InChI is InChI=1S/C13H17Cl2N/c1-9(10-4-6-16-7-5-10)12-3-2-11(14)8-13(12)15/h2-3,8-10,16H,4-7H2,1H3. The molecule has 1 heterocycles. The lowest BCUT2D eigenvalue weighted by Gasteiger charge is -2.29. The highest BCUT2D eigenvalue weighted by atomic mass is 35.5. The van der Waals surface area contributed by atoms with Gasteiger partial charge in [0.25, 0.3) is 0 Å². The third kappa shape index (κ3) is 2.71. The maximum absolute atomic E-state index is 6.24. The van der Waals surface area contributed by atoms with Gasteiger partial charge in [-0.2, -0.15) is 0 Å². The molecule has 0 bridgehead atoms. The van der Waals surface area contributed by atoms with E-state index in [-0.39, 0.29) is 0 Å². The molecule has 88 valence electrons. The smallest absolute Gasteiger partial charge is 0.0455 e. The fraction of sp³-hybridized carbons (Fsp3) is 0.538. The molecule has 0 spiro atoms. The molecular formula is C13H17Cl2N. The summed E-state index contributed by atoms with van der Waals surface area (Å²) in [5.74, 6) is 1.26. The lowest BCUT2D eigenvalue weighted by Crippen LogP contribution is -2.30. The first-order valence-electron chi connectivity index (χ1n) is 5.84. The van der Waals surface area contributed by atoms with Gasteiger partial charge in [-0.25, -0.2) is 0 Å². The molecule has 1 aromatic rings. The summed E-state index contributed by atoms with van der Waals surface area (Å²) in [6.07, 6.45) is 2.47. The van der Waals surface area contributed by atoms with Crippen molar-refractivity contribution in [1.82, 2.24) is 5.32 Å². The van der Waals surface area contributed by atoms with Gasteiger partial charge in [-0.15, -0.1) is 0 Å². The van der Waals surface area contributed by atoms with Gasteiger partial charge in [-0.3, -0.25) is 0 Å². The number of rotatable bonds is 2. The third-order valence-corrected chi connectivity index (χ3v) is 4.11. The zero-order valence-electron chi connectivity index (χ0n) is 9.47. The Hall–Kier alpha value is -0.240. The number of piperidine rings is 1. The summed E-state index contributed by atoms with van der Waals surface area (Å²) in [6, 6.07) is 5.84. The van der Waals surface area contributed by atoms with E-state index in [2.05, 4.69) is 18.3 Å². The summed E-state index contributed by atoms with van der Waals surface area (Å²) in [5, 5.41) is 4.91. The van der Waals surface area contributed by atoms with Crippen LogP contribution in [0.5, 0.6) is 0 Å². The van der Waals surface area contributed by atoms with Gasteiger partial charge >= 0.3 is 0 Å². The van der Waals surface area contributed by atoms with E-state index in [1.165, 1.54) is 18.4 Å². The van der Waals surface area contributed by atoms with Gasteiger partial charge in [0.15, 0.2) is 0 Å². The number of hydrogen-bond acceptors (Lipinski definition) is 1. The molecule has 1 atom stereocenters. The van der Waals surface area contributed by atoms with Gasteiger partial charge in [0, 0.05) is 10.0 Å². The molecule has 1 unspecified atom stereocenters. The maximum Gasteiger partial charge on any atom is 0.0455 e. The zero-order chi connectivity index (χ0) is 11.5. The van der Waals surface area contributed by atoms with Crippen molar-refractivity contribution in [3.8, 4) is 0 Å². The van der Waals surface area contributed by atoms with E-state index >= 15 is 0 Å². The highest BCUT2D eigenvalue weighted by Crippen LogP contribution is 2.35. The second-order valence-corrected chi connectivity index (χ2v) is 5.39. The Morgan fingerprint density at radius 1 is 1.25 bits per heavy atom. The monoisotopic (exact) mass is 257 g/mol. The molecule has 1 aliphatic rings. The molecule has 1 N–H and O–H groups in total. The Bertz CT molecular complexity index is 359. The van der Waals surface area contributed by atoms with Crippen LogP contribution in [0.4, 0.5) is 0 Å². The first-order valence-corrected chi connectivity index (χ1v) is 6.59. The first-order chi connectivity index (χ1) is 7.68. The molecule has 1 aliphatic heterocycles. The van der Waals surface area contributed by atoms with Crippen molar-refractivity contribution in [3.05, 3.63) is 33.8 Å². The molecule has 0 aromatic heterocycles. The van der Waals surface area contributed by atoms with Gasteiger partial charge in [0.2, 0.25) is 0 Å². The molecule has 0 radical (unpaired) electrons. The van der Waals surface area contributed by atoms with E-state index in [1.807, 2.05) is 12.1 Å². The Balaban J connectivity index is 2.15. The molecule has 2 rings (SSSR count). The van der Waals surface area contributed by atoms with Crippen molar-refractivity contribution >= 4 is 23.2 Å². The van der Waals surface area contributed by atoms with Crippen LogP contribution in [-0.2, 0) is 0 Å². The molecular weight excluding hydrogens is 241 g/mol. The topological polar surface area (TPSA) is 12.0 Å². The molecule has 1 fully saturated rings. The van der Waals surface area contributed by atoms with Crippen LogP contribution in [0.1, 0.15) is 31.2 Å². The molecule has 0 saturated carbocycles. The molecule has 1 aromatic carbocycles. The second kappa shape index (κ2) is 5.39. The van der Waals surface area contributed by atoms with Gasteiger partial charge in [0.05, 0.1) is 0 Å². The Morgan fingerprint density at radius 3 is 2.56 bits per heavy atom. The SMILES string of the molecule is CC(c1ccc(Cl)cc1Cl)C1CCNCC1. The summed E-state index contributed by atoms with van der Waals surface area (Å²) in [7, 11) is 0. The van der Waals surface area contributed by atoms with Crippen LogP contribution in [0.2, 0.25) is 10.0 Å². The summed E-state index contributed by atoms with van der Waals surface area (Å²) in [6.45, 7) is 4.52. The minimum atomic E-state index is 0.520. The first kappa shape index (κ1) is 12.2. The summed E-state index contributed by atoms with van der Waals surface area (Å²) in [4.78, 5) is 0. The normalized spacial score (nSPS) is 19.7. The van der Waals surface area contributed by atoms with Crippen molar-refractivity contribution in [2.45, 2.75) is 25.7 Å². The molecule has 3 heteroatoms. The van der Waals surface area contributed by atoms with Crippen LogP contribution in [-0.4, -0.2) is 13.1 Å². The van der Waals surface area contributed by atoms with Crippen molar-refractivity contribution in [2.75, 3.05) is 13.1 Å². The highest BCUT2D eigenvalue weighted by Gasteiger charge is 2.22. The Morgan fingerprint density at radius 2 is 1.94 bits per heavy atom. The summed E-state index contributed by atoms with van der Waals surface area (Å²) < 4.78 is 0. The van der Waals surface area contributed by atoms with Gasteiger partial charge < -0.3 is 5.32 Å². The van der Waals surface area contributed by atoms with Gasteiger partial charge in [-0.05, 0) is 55.5 Å². The predicted octanol–water partition coefficient (Wildman–Crippen LogP) is 4.10. The summed E-state index contributed by atoms with van der Waals surface area (Å²) >= 11 is 12.2. The Labute approximate surface area is 107 Å². The lowest BCUT2D eigenvalue weighted by atomic mass is 9.82. The fourth-order valence-corrected chi connectivity index (χ4v) is 3.05. The summed E-state index contributed by atoms with van der Waals surface area (Å²) in [5.41, 5.74) is 1.23. The lowest BCUT2D eigenvalue weighted by molar-refractivity contribution is 0.330. The van der Waals surface area contributed by atoms with Gasteiger partial charge in [-0.1, -0.05) is 36.2 Å². The number of hydrogen-bond donors (Lipinski definition) is 1. The molecule has 1 saturated heterocycles. The van der Waals surface area contributed by atoms with E-state index in [9.17, 15) is 0 Å². The number of benzene rings is 1. The van der Waals surface area contributed by atoms with Crippen LogP contribution in [0.15, 0.2) is 18.2 Å². The third-order valence-electron chi connectivity index (χ3n) is 3.54. The molecule has 16 heavy (non-hydrogen) atoms. The van der Waals surface area contributed by atoms with Gasteiger partial charge in [0.1, 0.15) is 0 Å². The molecule has 0 amide bonds. The van der Waals surface area contributed by atoms with E-state index in [0.717, 1.165) is 24.0 Å². The zero-order valence-corrected chi connectivity index (χ0v) is 11.0. The van der Waals surface area contributed by atoms with Crippen molar-refractivity contribution in [3.63, 3.8) is 0 Å². The van der Waals surface area contributed by atoms with Crippen molar-refractivity contribution in [2.24, 2.45) is 5.92 Å². The van der Waals surface area contributed by atoms with Crippen LogP contribution >= 0.6 is 23.2 Å². The van der Waals surface area contributed by atoms with E-state index < -0.39 is 0 Å². The highest BCUT2D eigenvalue weighted by molar-refractivity contribution is 6.35. The van der Waals surface area contributed by atoms with Crippen LogP contribution < -0.4 is 5.32 Å². The number of nitrogens with one attached hydrogen (secondary N) is 1. The Kier molecular flexibility index (Phi) is 4.12. The maximum atomic E-state index is 6.24. The van der Waals surface area contributed by atoms with Crippen molar-refractivity contribution in [1.29, 1.82) is 0 Å². The second-order valence-electron chi connectivity index (χ2n) is 4.54. The van der Waals surface area contributed by atoms with Crippen LogP contribution in [0.3, 0.4) is 0 Å². The van der Waals surface area contributed by atoms with E-state index in [1.54, 1.807) is 0 Å². The van der Waals surface area contributed by atoms with Crippen molar-refractivity contribution < 1.29 is 0 Å². The van der Waals surface area contributed by atoms with Crippen LogP contribution in [0.25, 0.3) is 0 Å². The minimum absolute atomic E-state index is 0.520. The minimum Gasteiger partial charge on any atom is -0.317 e. The fourth-order valence-electron chi connectivity index (χ4n) is 2.47. The number of halogens is 2. The predicted molar refractivity (Wildman–Crippen MR) is 70.5 cm³/mol. The quantitative estimate of drug-likeness (QED) is 0.842. The largest absolute Gasteiger partial charge is 0.317 e. The van der Waals surface area contributed by atoms with Crippen LogP contribution in [0, 0.1) is 5.92 Å².